The standard InChI is InChI=1S/C12H15N3OS/c1-17(16)8-7-14-11-5-4-10(13)9-3-2-6-15-12(9)11/h2-6,14H,7-8,13H2,1H3. The predicted octanol–water partition coefficient (Wildman–Crippen LogP) is 1.61. The molecule has 0 saturated heterocycles. The van der Waals surface area contributed by atoms with Gasteiger partial charge in [0, 0.05) is 46.6 Å². The number of hydrogen-bond donors (Lipinski definition) is 2. The Morgan fingerprint density at radius 2 is 2.24 bits per heavy atom. The van der Waals surface area contributed by atoms with E-state index < -0.39 is 10.8 Å². The molecular formula is C12H15N3OS. The Kier molecular flexibility index (Phi) is 3.58. The van der Waals surface area contributed by atoms with Gasteiger partial charge in [-0.1, -0.05) is 0 Å². The zero-order chi connectivity index (χ0) is 12.3. The fraction of sp³-hybridized carbons (Fsp3) is 0.250. The first kappa shape index (κ1) is 11.9. The zero-order valence-electron chi connectivity index (χ0n) is 9.64. The Morgan fingerprint density at radius 1 is 1.41 bits per heavy atom. The Labute approximate surface area is 103 Å². The van der Waals surface area contributed by atoms with Crippen molar-refractivity contribution < 1.29 is 4.21 Å². The van der Waals surface area contributed by atoms with Crippen LogP contribution in [0.4, 0.5) is 11.4 Å². The summed E-state index contributed by atoms with van der Waals surface area (Å²) in [5.41, 5.74) is 8.39. The Bertz CT molecular complexity index is 556. The summed E-state index contributed by atoms with van der Waals surface area (Å²) in [5.74, 6) is 0.624. The highest BCUT2D eigenvalue weighted by atomic mass is 32.2. The Morgan fingerprint density at radius 3 is 3.00 bits per heavy atom. The molecule has 2 rings (SSSR count). The molecule has 0 radical (unpaired) electrons. The van der Waals surface area contributed by atoms with Gasteiger partial charge in [-0.25, -0.2) is 0 Å². The predicted molar refractivity (Wildman–Crippen MR) is 73.6 cm³/mol. The first-order valence-corrected chi connectivity index (χ1v) is 7.08. The molecule has 3 N–H and O–H groups in total. The second-order valence-electron chi connectivity index (χ2n) is 3.81. The summed E-state index contributed by atoms with van der Waals surface area (Å²) in [5, 5.41) is 4.18. The van der Waals surface area contributed by atoms with E-state index in [-0.39, 0.29) is 0 Å². The Balaban J connectivity index is 2.28. The number of nitrogens with one attached hydrogen (secondary N) is 1. The third kappa shape index (κ3) is 2.74. The van der Waals surface area contributed by atoms with Gasteiger partial charge < -0.3 is 11.1 Å². The SMILES string of the molecule is CS(=O)CCNc1ccc(N)c2cccnc12. The minimum absolute atomic E-state index is 0.624. The highest BCUT2D eigenvalue weighted by Crippen LogP contribution is 2.25. The molecule has 1 atom stereocenters. The van der Waals surface area contributed by atoms with Gasteiger partial charge in [0.25, 0.3) is 0 Å². The average Bonchev–Trinajstić information content (AvgIpc) is 2.32. The van der Waals surface area contributed by atoms with Gasteiger partial charge in [0.2, 0.25) is 0 Å². The van der Waals surface area contributed by atoms with Gasteiger partial charge in [0.05, 0.1) is 11.2 Å². The van der Waals surface area contributed by atoms with Crippen molar-refractivity contribution in [2.45, 2.75) is 0 Å². The third-order valence-electron chi connectivity index (χ3n) is 2.51. The van der Waals surface area contributed by atoms with Crippen molar-refractivity contribution in [3.05, 3.63) is 30.5 Å². The van der Waals surface area contributed by atoms with Gasteiger partial charge in [-0.3, -0.25) is 9.19 Å². The molecule has 2 aromatic rings. The van der Waals surface area contributed by atoms with Crippen LogP contribution in [0.15, 0.2) is 30.5 Å². The third-order valence-corrected chi connectivity index (χ3v) is 3.29. The molecule has 1 aromatic carbocycles. The van der Waals surface area contributed by atoms with Crippen LogP contribution in [0.5, 0.6) is 0 Å². The van der Waals surface area contributed by atoms with Crippen molar-refractivity contribution in [1.29, 1.82) is 0 Å². The topological polar surface area (TPSA) is 68.0 Å². The molecule has 90 valence electrons. The molecule has 0 aliphatic heterocycles. The van der Waals surface area contributed by atoms with Crippen LogP contribution < -0.4 is 11.1 Å². The maximum Gasteiger partial charge on any atom is 0.0953 e. The van der Waals surface area contributed by atoms with Crippen LogP contribution in [0.3, 0.4) is 0 Å². The molecule has 0 aliphatic rings. The number of anilines is 2. The normalized spacial score (nSPS) is 12.5. The first-order valence-electron chi connectivity index (χ1n) is 5.35. The van der Waals surface area contributed by atoms with Crippen molar-refractivity contribution in [3.63, 3.8) is 0 Å². The molecule has 1 unspecified atom stereocenters. The first-order chi connectivity index (χ1) is 8.18. The molecule has 5 heteroatoms. The van der Waals surface area contributed by atoms with E-state index in [4.69, 9.17) is 5.73 Å². The fourth-order valence-corrected chi connectivity index (χ4v) is 2.06. The average molecular weight is 249 g/mol. The van der Waals surface area contributed by atoms with Crippen LogP contribution in [0.2, 0.25) is 0 Å². The molecule has 0 spiro atoms. The highest BCUT2D eigenvalue weighted by molar-refractivity contribution is 7.84. The van der Waals surface area contributed by atoms with Gasteiger partial charge in [0.1, 0.15) is 0 Å². The second kappa shape index (κ2) is 5.14. The van der Waals surface area contributed by atoms with Gasteiger partial charge >= 0.3 is 0 Å². The summed E-state index contributed by atoms with van der Waals surface area (Å²) in [6.07, 6.45) is 3.44. The van der Waals surface area contributed by atoms with Crippen molar-refractivity contribution >= 4 is 33.1 Å². The van der Waals surface area contributed by atoms with Gasteiger partial charge in [-0.2, -0.15) is 0 Å². The van der Waals surface area contributed by atoms with Crippen LogP contribution in [0.25, 0.3) is 10.9 Å². The minimum atomic E-state index is -0.785. The molecular weight excluding hydrogens is 234 g/mol. The van der Waals surface area contributed by atoms with Gasteiger partial charge in [-0.05, 0) is 24.3 Å². The van der Waals surface area contributed by atoms with Gasteiger partial charge in [-0.15, -0.1) is 0 Å². The van der Waals surface area contributed by atoms with E-state index >= 15 is 0 Å². The minimum Gasteiger partial charge on any atom is -0.398 e. The number of aromatic nitrogens is 1. The van der Waals surface area contributed by atoms with Crippen LogP contribution in [-0.4, -0.2) is 27.7 Å². The van der Waals surface area contributed by atoms with E-state index in [9.17, 15) is 4.21 Å². The largest absolute Gasteiger partial charge is 0.398 e. The molecule has 4 nitrogen and oxygen atoms in total. The lowest BCUT2D eigenvalue weighted by Crippen LogP contribution is -2.10. The number of nitrogens with zero attached hydrogens (tertiary/aromatic N) is 1. The molecule has 1 heterocycles. The fourth-order valence-electron chi connectivity index (χ4n) is 1.67. The highest BCUT2D eigenvalue weighted by Gasteiger charge is 2.04. The van der Waals surface area contributed by atoms with Crippen molar-refractivity contribution in [2.75, 3.05) is 29.6 Å². The second-order valence-corrected chi connectivity index (χ2v) is 5.36. The zero-order valence-corrected chi connectivity index (χ0v) is 10.5. The lowest BCUT2D eigenvalue weighted by Gasteiger charge is -2.09. The molecule has 0 fully saturated rings. The summed E-state index contributed by atoms with van der Waals surface area (Å²) in [6, 6.07) is 7.57. The number of hydrogen-bond acceptors (Lipinski definition) is 4. The smallest absolute Gasteiger partial charge is 0.0953 e. The monoisotopic (exact) mass is 249 g/mol. The number of fused-ring (bicyclic) bond motifs is 1. The number of rotatable bonds is 4. The lowest BCUT2D eigenvalue weighted by molar-refractivity contribution is 0.687. The molecule has 0 bridgehead atoms. The lowest BCUT2D eigenvalue weighted by atomic mass is 10.1. The maximum absolute atomic E-state index is 11.0. The Hall–Kier alpha value is -1.62. The van der Waals surface area contributed by atoms with E-state index in [1.54, 1.807) is 12.5 Å². The summed E-state index contributed by atoms with van der Waals surface area (Å²) >= 11 is 0. The molecule has 1 aromatic heterocycles. The van der Waals surface area contributed by atoms with Crippen molar-refractivity contribution in [2.24, 2.45) is 0 Å². The summed E-state index contributed by atoms with van der Waals surface area (Å²) in [6.45, 7) is 0.665. The quantitative estimate of drug-likeness (QED) is 0.808. The van der Waals surface area contributed by atoms with Crippen LogP contribution >= 0.6 is 0 Å². The van der Waals surface area contributed by atoms with E-state index in [0.717, 1.165) is 22.3 Å². The van der Waals surface area contributed by atoms with E-state index in [0.29, 0.717) is 12.3 Å². The number of pyridine rings is 1. The van der Waals surface area contributed by atoms with Crippen LogP contribution in [0, 0.1) is 0 Å². The maximum atomic E-state index is 11.0. The summed E-state index contributed by atoms with van der Waals surface area (Å²) in [7, 11) is -0.785. The van der Waals surface area contributed by atoms with E-state index in [1.165, 1.54) is 0 Å². The van der Waals surface area contributed by atoms with Crippen molar-refractivity contribution in [3.8, 4) is 0 Å². The molecule has 0 amide bonds. The van der Waals surface area contributed by atoms with Crippen molar-refractivity contribution in [1.82, 2.24) is 4.98 Å². The summed E-state index contributed by atoms with van der Waals surface area (Å²) < 4.78 is 11.0. The number of benzene rings is 1. The van der Waals surface area contributed by atoms with Crippen LogP contribution in [0.1, 0.15) is 0 Å². The number of nitrogen functional groups attached to an aromatic ring is 1. The van der Waals surface area contributed by atoms with E-state index in [1.807, 2.05) is 24.3 Å². The van der Waals surface area contributed by atoms with Gasteiger partial charge in [0.15, 0.2) is 0 Å². The molecule has 0 aliphatic carbocycles. The number of nitrogens with two attached hydrogens (primary N) is 1. The van der Waals surface area contributed by atoms with Crippen LogP contribution in [-0.2, 0) is 10.8 Å². The summed E-state index contributed by atoms with van der Waals surface area (Å²) in [4.78, 5) is 4.32. The molecule has 17 heavy (non-hydrogen) atoms. The van der Waals surface area contributed by atoms with E-state index in [2.05, 4.69) is 10.3 Å². The molecule has 0 saturated carbocycles.